The van der Waals surface area contributed by atoms with E-state index in [1.54, 1.807) is 0 Å². The minimum Gasteiger partial charge on any atom is -0.341 e. The molecule has 1 aliphatic carbocycles. The number of likely N-dealkylation sites (tertiary alicyclic amines) is 1. The molecule has 0 atom stereocenters. The van der Waals surface area contributed by atoms with Crippen LogP contribution in [0.2, 0.25) is 0 Å². The zero-order chi connectivity index (χ0) is 19.3. The van der Waals surface area contributed by atoms with E-state index in [1.165, 1.54) is 24.8 Å². The van der Waals surface area contributed by atoms with Gasteiger partial charge in [-0.2, -0.15) is 10.2 Å². The maximum Gasteiger partial charge on any atom is 0.257 e. The second-order valence-electron chi connectivity index (χ2n) is 9.15. The van der Waals surface area contributed by atoms with Gasteiger partial charge in [0.05, 0.1) is 17.5 Å². The van der Waals surface area contributed by atoms with Gasteiger partial charge in [-0.3, -0.25) is 19.1 Å². The van der Waals surface area contributed by atoms with Gasteiger partial charge >= 0.3 is 0 Å². The summed E-state index contributed by atoms with van der Waals surface area (Å²) in [4.78, 5) is 17.2. The molecule has 7 heteroatoms. The van der Waals surface area contributed by atoms with Crippen molar-refractivity contribution >= 4 is 5.91 Å². The van der Waals surface area contributed by atoms with Gasteiger partial charge in [-0.25, -0.2) is 0 Å². The normalized spacial score (nSPS) is 22.5. The van der Waals surface area contributed by atoms with E-state index in [-0.39, 0.29) is 11.3 Å². The molecular formula is C21H30N6O. The van der Waals surface area contributed by atoms with E-state index in [1.807, 2.05) is 36.1 Å². The third-order valence-corrected chi connectivity index (χ3v) is 7.03. The number of piperidine rings is 1. The molecule has 150 valence electrons. The Hall–Kier alpha value is -2.15. The van der Waals surface area contributed by atoms with Crippen LogP contribution in [0.15, 0.2) is 18.6 Å². The standard InChI is InChI=1S/C21H30N6O/c1-24-15-21(6-8-26(9-7-21)12-17-10-22-25(2)11-17)19-18(20(24)28)14-27(23-19)13-16-4-3-5-16/h10-11,14,16H,3-9,12-13,15H2,1-2H3. The van der Waals surface area contributed by atoms with Crippen LogP contribution in [-0.2, 0) is 25.6 Å². The summed E-state index contributed by atoms with van der Waals surface area (Å²) in [6.45, 7) is 4.77. The summed E-state index contributed by atoms with van der Waals surface area (Å²) in [5, 5.41) is 9.27. The number of likely N-dealkylation sites (N-methyl/N-ethyl adjacent to an activating group) is 1. The Morgan fingerprint density at radius 2 is 1.96 bits per heavy atom. The highest BCUT2D eigenvalue weighted by Crippen LogP contribution is 2.41. The number of aromatic nitrogens is 4. The number of nitrogens with zero attached hydrogens (tertiary/aromatic N) is 6. The SMILES string of the molecule is CN1CC2(CCN(Cc3cnn(C)c3)CC2)c2nn(CC3CCC3)cc2C1=O. The van der Waals surface area contributed by atoms with Gasteiger partial charge in [0.2, 0.25) is 0 Å². The fourth-order valence-corrected chi connectivity index (χ4v) is 5.16. The zero-order valence-electron chi connectivity index (χ0n) is 17.0. The van der Waals surface area contributed by atoms with Gasteiger partial charge in [-0.15, -0.1) is 0 Å². The Bertz CT molecular complexity index is 871. The van der Waals surface area contributed by atoms with Crippen molar-refractivity contribution in [3.05, 3.63) is 35.4 Å². The first-order chi connectivity index (χ1) is 13.5. The van der Waals surface area contributed by atoms with Crippen molar-refractivity contribution in [2.45, 2.75) is 50.6 Å². The predicted octanol–water partition coefficient (Wildman–Crippen LogP) is 2.04. The first-order valence-corrected chi connectivity index (χ1v) is 10.6. The van der Waals surface area contributed by atoms with Crippen LogP contribution in [0.5, 0.6) is 0 Å². The molecule has 0 unspecified atom stereocenters. The lowest BCUT2D eigenvalue weighted by Crippen LogP contribution is -2.53. The molecule has 2 fully saturated rings. The molecule has 4 heterocycles. The van der Waals surface area contributed by atoms with Gasteiger partial charge in [0.25, 0.3) is 5.91 Å². The van der Waals surface area contributed by atoms with Crippen LogP contribution >= 0.6 is 0 Å². The highest BCUT2D eigenvalue weighted by atomic mass is 16.2. The first kappa shape index (κ1) is 17.9. The monoisotopic (exact) mass is 382 g/mol. The predicted molar refractivity (Wildman–Crippen MR) is 106 cm³/mol. The maximum absolute atomic E-state index is 12.8. The van der Waals surface area contributed by atoms with Crippen LogP contribution in [0.4, 0.5) is 0 Å². The lowest BCUT2D eigenvalue weighted by molar-refractivity contribution is 0.0628. The van der Waals surface area contributed by atoms with Crippen molar-refractivity contribution in [2.24, 2.45) is 13.0 Å². The van der Waals surface area contributed by atoms with Gasteiger partial charge < -0.3 is 4.90 Å². The molecule has 2 aromatic rings. The van der Waals surface area contributed by atoms with Crippen LogP contribution in [0.1, 0.15) is 53.7 Å². The first-order valence-electron chi connectivity index (χ1n) is 10.6. The van der Waals surface area contributed by atoms with Crippen molar-refractivity contribution < 1.29 is 4.79 Å². The number of hydrogen-bond acceptors (Lipinski definition) is 4. The second kappa shape index (κ2) is 6.72. The fraction of sp³-hybridized carbons (Fsp3) is 0.667. The highest BCUT2D eigenvalue weighted by molar-refractivity contribution is 5.96. The Balaban J connectivity index is 1.35. The van der Waals surface area contributed by atoms with E-state index in [9.17, 15) is 4.79 Å². The summed E-state index contributed by atoms with van der Waals surface area (Å²) in [6, 6.07) is 0. The molecule has 5 rings (SSSR count). The van der Waals surface area contributed by atoms with E-state index in [0.717, 1.165) is 62.7 Å². The summed E-state index contributed by atoms with van der Waals surface area (Å²) < 4.78 is 3.93. The average molecular weight is 383 g/mol. The van der Waals surface area contributed by atoms with Crippen molar-refractivity contribution in [3.63, 3.8) is 0 Å². The quantitative estimate of drug-likeness (QED) is 0.812. The molecule has 28 heavy (non-hydrogen) atoms. The summed E-state index contributed by atoms with van der Waals surface area (Å²) in [7, 11) is 3.91. The molecule has 0 radical (unpaired) electrons. The number of fused-ring (bicyclic) bond motifs is 2. The van der Waals surface area contributed by atoms with Crippen LogP contribution in [0, 0.1) is 5.92 Å². The van der Waals surface area contributed by atoms with E-state index in [2.05, 4.69) is 20.9 Å². The third kappa shape index (κ3) is 3.05. The number of hydrogen-bond donors (Lipinski definition) is 0. The fourth-order valence-electron chi connectivity index (χ4n) is 5.16. The van der Waals surface area contributed by atoms with Crippen molar-refractivity contribution in [2.75, 3.05) is 26.7 Å². The maximum atomic E-state index is 12.8. The van der Waals surface area contributed by atoms with E-state index >= 15 is 0 Å². The third-order valence-electron chi connectivity index (χ3n) is 7.03. The Morgan fingerprint density at radius 3 is 2.61 bits per heavy atom. The molecule has 1 saturated heterocycles. The Kier molecular flexibility index (Phi) is 4.30. The summed E-state index contributed by atoms with van der Waals surface area (Å²) >= 11 is 0. The second-order valence-corrected chi connectivity index (χ2v) is 9.15. The summed E-state index contributed by atoms with van der Waals surface area (Å²) in [6.07, 6.45) is 12.1. The molecule has 2 aliphatic heterocycles. The lowest BCUT2D eigenvalue weighted by atomic mass is 9.72. The molecule has 1 spiro atoms. The molecule has 7 nitrogen and oxygen atoms in total. The van der Waals surface area contributed by atoms with Crippen molar-refractivity contribution in [1.82, 2.24) is 29.4 Å². The zero-order valence-corrected chi connectivity index (χ0v) is 17.0. The summed E-state index contributed by atoms with van der Waals surface area (Å²) in [5.74, 6) is 0.879. The molecule has 0 N–H and O–H groups in total. The van der Waals surface area contributed by atoms with Gasteiger partial charge in [0.1, 0.15) is 0 Å². The van der Waals surface area contributed by atoms with Crippen molar-refractivity contribution in [3.8, 4) is 0 Å². The minimum atomic E-state index is 0.00823. The van der Waals surface area contributed by atoms with E-state index in [0.29, 0.717) is 0 Å². The Labute approximate surface area is 166 Å². The van der Waals surface area contributed by atoms with Crippen LogP contribution in [0.25, 0.3) is 0 Å². The van der Waals surface area contributed by atoms with Crippen LogP contribution in [-0.4, -0.2) is 61.9 Å². The Morgan fingerprint density at radius 1 is 1.18 bits per heavy atom. The van der Waals surface area contributed by atoms with Crippen molar-refractivity contribution in [1.29, 1.82) is 0 Å². The number of carbonyl (C=O) groups excluding carboxylic acids is 1. The van der Waals surface area contributed by atoms with Gasteiger partial charge in [0, 0.05) is 57.1 Å². The number of rotatable bonds is 4. The molecule has 3 aliphatic rings. The minimum absolute atomic E-state index is 0.00823. The number of carbonyl (C=O) groups is 1. The largest absolute Gasteiger partial charge is 0.341 e. The number of aryl methyl sites for hydroxylation is 1. The molecule has 1 amide bonds. The van der Waals surface area contributed by atoms with Gasteiger partial charge in [-0.05, 0) is 44.7 Å². The molecule has 0 bridgehead atoms. The topological polar surface area (TPSA) is 59.2 Å². The van der Waals surface area contributed by atoms with Crippen LogP contribution in [0.3, 0.4) is 0 Å². The smallest absolute Gasteiger partial charge is 0.257 e. The molecule has 1 saturated carbocycles. The molecule has 0 aromatic carbocycles. The summed E-state index contributed by atoms with van der Waals surface area (Å²) in [5.41, 5.74) is 3.18. The van der Waals surface area contributed by atoms with E-state index in [4.69, 9.17) is 5.10 Å². The molecular weight excluding hydrogens is 352 g/mol. The lowest BCUT2D eigenvalue weighted by Gasteiger charge is -2.45. The highest BCUT2D eigenvalue weighted by Gasteiger charge is 2.46. The number of amides is 1. The average Bonchev–Trinajstić information content (AvgIpc) is 3.25. The molecule has 2 aromatic heterocycles. The van der Waals surface area contributed by atoms with Gasteiger partial charge in [-0.1, -0.05) is 6.42 Å². The van der Waals surface area contributed by atoms with Gasteiger partial charge in [0.15, 0.2) is 0 Å². The van der Waals surface area contributed by atoms with E-state index < -0.39 is 0 Å². The van der Waals surface area contributed by atoms with Crippen LogP contribution < -0.4 is 0 Å².